The number of hydrogen-bond acceptors (Lipinski definition) is 3. The molecule has 0 aliphatic rings. The number of aromatic nitrogens is 2. The van der Waals surface area contributed by atoms with Crippen LogP contribution in [0.2, 0.25) is 0 Å². The standard InChI is InChI=1S/C27H24N2O/c1-16(2)19-7-9-20(10-8-19)21-13-14-28-24(15-21)25-17(3)5-11-22-23-12-6-18(4)29-27(23)30-26(22)25/h5-16H,1-4H3. The van der Waals surface area contributed by atoms with Gasteiger partial charge in [-0.1, -0.05) is 50.2 Å². The lowest BCUT2D eigenvalue weighted by atomic mass is 9.97. The molecule has 0 amide bonds. The maximum atomic E-state index is 6.24. The van der Waals surface area contributed by atoms with Crippen molar-refractivity contribution >= 4 is 22.1 Å². The van der Waals surface area contributed by atoms with Crippen molar-refractivity contribution in [3.8, 4) is 22.4 Å². The van der Waals surface area contributed by atoms with Crippen LogP contribution in [0.4, 0.5) is 0 Å². The maximum Gasteiger partial charge on any atom is 0.227 e. The summed E-state index contributed by atoms with van der Waals surface area (Å²) in [4.78, 5) is 9.28. The Morgan fingerprint density at radius 2 is 1.57 bits per heavy atom. The van der Waals surface area contributed by atoms with Crippen LogP contribution in [0.25, 0.3) is 44.5 Å². The topological polar surface area (TPSA) is 38.9 Å². The molecule has 0 bridgehead atoms. The van der Waals surface area contributed by atoms with Gasteiger partial charge in [0.05, 0.1) is 5.69 Å². The van der Waals surface area contributed by atoms with Crippen LogP contribution in [0, 0.1) is 13.8 Å². The minimum absolute atomic E-state index is 0.526. The van der Waals surface area contributed by atoms with Crippen molar-refractivity contribution in [3.63, 3.8) is 0 Å². The Bertz CT molecular complexity index is 1380. The van der Waals surface area contributed by atoms with Gasteiger partial charge >= 0.3 is 0 Å². The summed E-state index contributed by atoms with van der Waals surface area (Å²) in [5.74, 6) is 0.526. The molecule has 3 heteroatoms. The number of nitrogens with zero attached hydrogens (tertiary/aromatic N) is 2. The van der Waals surface area contributed by atoms with Crippen LogP contribution in [0.5, 0.6) is 0 Å². The van der Waals surface area contributed by atoms with Crippen molar-refractivity contribution in [2.45, 2.75) is 33.6 Å². The second-order valence-corrected chi connectivity index (χ2v) is 8.25. The Morgan fingerprint density at radius 3 is 2.33 bits per heavy atom. The van der Waals surface area contributed by atoms with Crippen LogP contribution >= 0.6 is 0 Å². The smallest absolute Gasteiger partial charge is 0.227 e. The van der Waals surface area contributed by atoms with E-state index in [0.717, 1.165) is 44.4 Å². The van der Waals surface area contributed by atoms with Gasteiger partial charge in [0, 0.05) is 28.2 Å². The molecule has 3 nitrogen and oxygen atoms in total. The number of furan rings is 1. The van der Waals surface area contributed by atoms with Gasteiger partial charge in [0.25, 0.3) is 0 Å². The Hall–Kier alpha value is -3.46. The zero-order valence-electron chi connectivity index (χ0n) is 17.7. The monoisotopic (exact) mass is 392 g/mol. The third kappa shape index (κ3) is 3.07. The summed E-state index contributed by atoms with van der Waals surface area (Å²) < 4.78 is 6.24. The van der Waals surface area contributed by atoms with Crippen LogP contribution in [-0.4, -0.2) is 9.97 Å². The van der Waals surface area contributed by atoms with Crippen molar-refractivity contribution in [1.29, 1.82) is 0 Å². The van der Waals surface area contributed by atoms with E-state index < -0.39 is 0 Å². The molecule has 0 saturated heterocycles. The number of aryl methyl sites for hydroxylation is 2. The fourth-order valence-electron chi connectivity index (χ4n) is 4.04. The average molecular weight is 393 g/mol. The summed E-state index contributed by atoms with van der Waals surface area (Å²) in [7, 11) is 0. The Balaban J connectivity index is 1.68. The molecule has 2 aromatic carbocycles. The Morgan fingerprint density at radius 1 is 0.800 bits per heavy atom. The molecule has 3 heterocycles. The van der Waals surface area contributed by atoms with E-state index in [1.807, 2.05) is 19.2 Å². The molecular formula is C27H24N2O. The molecule has 0 N–H and O–H groups in total. The molecule has 30 heavy (non-hydrogen) atoms. The summed E-state index contributed by atoms with van der Waals surface area (Å²) in [6.07, 6.45) is 1.88. The van der Waals surface area contributed by atoms with Crippen LogP contribution in [0.1, 0.15) is 36.6 Å². The van der Waals surface area contributed by atoms with Crippen molar-refractivity contribution in [2.24, 2.45) is 0 Å². The number of hydrogen-bond donors (Lipinski definition) is 0. The molecule has 148 valence electrons. The molecule has 3 aromatic heterocycles. The molecule has 0 spiro atoms. The average Bonchev–Trinajstić information content (AvgIpc) is 3.11. The minimum atomic E-state index is 0.526. The molecule has 0 atom stereocenters. The fourth-order valence-corrected chi connectivity index (χ4v) is 4.04. The first-order valence-corrected chi connectivity index (χ1v) is 10.4. The zero-order valence-corrected chi connectivity index (χ0v) is 17.7. The van der Waals surface area contributed by atoms with E-state index in [0.29, 0.717) is 11.6 Å². The fraction of sp³-hybridized carbons (Fsp3) is 0.185. The first kappa shape index (κ1) is 18.6. The number of rotatable bonds is 3. The third-order valence-corrected chi connectivity index (χ3v) is 5.78. The van der Waals surface area contributed by atoms with Crippen molar-refractivity contribution in [1.82, 2.24) is 9.97 Å². The van der Waals surface area contributed by atoms with Crippen LogP contribution in [0.3, 0.4) is 0 Å². The van der Waals surface area contributed by atoms with Gasteiger partial charge in [0.2, 0.25) is 5.71 Å². The largest absolute Gasteiger partial charge is 0.437 e. The number of fused-ring (bicyclic) bond motifs is 3. The lowest BCUT2D eigenvalue weighted by Crippen LogP contribution is -1.90. The molecule has 5 aromatic rings. The predicted molar refractivity (Wildman–Crippen MR) is 124 cm³/mol. The summed E-state index contributed by atoms with van der Waals surface area (Å²) in [6.45, 7) is 8.51. The van der Waals surface area contributed by atoms with Crippen molar-refractivity contribution in [2.75, 3.05) is 0 Å². The number of benzene rings is 2. The highest BCUT2D eigenvalue weighted by Gasteiger charge is 2.17. The van der Waals surface area contributed by atoms with Crippen LogP contribution in [-0.2, 0) is 0 Å². The van der Waals surface area contributed by atoms with E-state index in [-0.39, 0.29) is 0 Å². The summed E-state index contributed by atoms with van der Waals surface area (Å²) in [5.41, 5.74) is 9.25. The maximum absolute atomic E-state index is 6.24. The quantitative estimate of drug-likeness (QED) is 0.320. The Labute approximate surface area is 176 Å². The highest BCUT2D eigenvalue weighted by atomic mass is 16.3. The predicted octanol–water partition coefficient (Wildman–Crippen LogP) is 7.45. The summed E-state index contributed by atoms with van der Waals surface area (Å²) in [5, 5.41) is 2.11. The van der Waals surface area contributed by atoms with E-state index in [4.69, 9.17) is 9.40 Å². The molecule has 0 aliphatic heterocycles. The molecule has 0 radical (unpaired) electrons. The van der Waals surface area contributed by atoms with Crippen LogP contribution < -0.4 is 0 Å². The zero-order chi connectivity index (χ0) is 20.8. The Kier molecular flexibility index (Phi) is 4.39. The summed E-state index contributed by atoms with van der Waals surface area (Å²) >= 11 is 0. The van der Waals surface area contributed by atoms with E-state index in [1.165, 1.54) is 11.1 Å². The van der Waals surface area contributed by atoms with Gasteiger partial charge in [-0.2, -0.15) is 0 Å². The van der Waals surface area contributed by atoms with Crippen molar-refractivity contribution < 1.29 is 4.42 Å². The highest BCUT2D eigenvalue weighted by molar-refractivity contribution is 6.09. The number of pyridine rings is 2. The first-order valence-electron chi connectivity index (χ1n) is 10.4. The third-order valence-electron chi connectivity index (χ3n) is 5.78. The normalized spacial score (nSPS) is 11.6. The summed E-state index contributed by atoms with van der Waals surface area (Å²) in [6, 6.07) is 21.4. The van der Waals surface area contributed by atoms with Gasteiger partial charge in [0.1, 0.15) is 5.58 Å². The van der Waals surface area contributed by atoms with E-state index in [2.05, 4.69) is 80.4 Å². The van der Waals surface area contributed by atoms with E-state index in [9.17, 15) is 0 Å². The van der Waals surface area contributed by atoms with E-state index in [1.54, 1.807) is 0 Å². The van der Waals surface area contributed by atoms with E-state index >= 15 is 0 Å². The first-order chi connectivity index (χ1) is 14.5. The second kappa shape index (κ2) is 7.10. The lowest BCUT2D eigenvalue weighted by molar-refractivity contribution is 0.653. The molecule has 0 saturated carbocycles. The van der Waals surface area contributed by atoms with Gasteiger partial charge in [0.15, 0.2) is 0 Å². The minimum Gasteiger partial charge on any atom is -0.437 e. The lowest BCUT2D eigenvalue weighted by Gasteiger charge is -2.10. The van der Waals surface area contributed by atoms with Gasteiger partial charge in [-0.25, -0.2) is 4.98 Å². The second-order valence-electron chi connectivity index (χ2n) is 8.25. The molecular weight excluding hydrogens is 368 g/mol. The van der Waals surface area contributed by atoms with Gasteiger partial charge in [-0.15, -0.1) is 0 Å². The van der Waals surface area contributed by atoms with Crippen molar-refractivity contribution in [3.05, 3.63) is 83.7 Å². The molecule has 0 unspecified atom stereocenters. The SMILES string of the molecule is Cc1ccc2c(n1)oc1c(-c3cc(-c4ccc(C(C)C)cc4)ccn3)c(C)ccc12. The molecule has 5 rings (SSSR count). The van der Waals surface area contributed by atoms with Gasteiger partial charge in [-0.3, -0.25) is 4.98 Å². The van der Waals surface area contributed by atoms with Crippen LogP contribution in [0.15, 0.2) is 71.3 Å². The van der Waals surface area contributed by atoms with Gasteiger partial charge < -0.3 is 4.42 Å². The molecule has 0 fully saturated rings. The highest BCUT2D eigenvalue weighted by Crippen LogP contribution is 2.37. The van der Waals surface area contributed by atoms with Gasteiger partial charge in [-0.05, 0) is 66.3 Å². The molecule has 0 aliphatic carbocycles.